The van der Waals surface area contributed by atoms with E-state index in [0.717, 1.165) is 17.3 Å². The zero-order chi connectivity index (χ0) is 15.2. The van der Waals surface area contributed by atoms with Crippen LogP contribution in [0, 0.1) is 10.1 Å². The lowest BCUT2D eigenvalue weighted by atomic mass is 10.0. The molecule has 0 saturated carbocycles. The molecule has 1 aromatic heterocycles. The predicted octanol–water partition coefficient (Wildman–Crippen LogP) is 1.63. The number of nitrogens with one attached hydrogen (secondary N) is 1. The molecule has 0 bridgehead atoms. The molecule has 0 fully saturated rings. The minimum absolute atomic E-state index is 0.124. The van der Waals surface area contributed by atoms with Gasteiger partial charge in [0.2, 0.25) is 5.91 Å². The van der Waals surface area contributed by atoms with E-state index >= 15 is 0 Å². The Morgan fingerprint density at radius 3 is 2.52 bits per heavy atom. The first-order chi connectivity index (χ1) is 10.1. The minimum Gasteiger partial charge on any atom is -0.326 e. The van der Waals surface area contributed by atoms with Crippen LogP contribution in [0.4, 0.5) is 11.5 Å². The van der Waals surface area contributed by atoms with Crippen LogP contribution in [0.25, 0.3) is 0 Å². The maximum Gasteiger partial charge on any atom is 0.287 e. The number of carbonyl (C=O) groups is 1. The van der Waals surface area contributed by atoms with Gasteiger partial charge < -0.3 is 11.1 Å². The maximum absolute atomic E-state index is 11.9. The van der Waals surface area contributed by atoms with Crippen molar-refractivity contribution in [1.82, 2.24) is 4.98 Å². The molecule has 0 aliphatic heterocycles. The van der Waals surface area contributed by atoms with Gasteiger partial charge in [-0.05, 0) is 17.2 Å². The van der Waals surface area contributed by atoms with Crippen molar-refractivity contribution in [2.45, 2.75) is 13.0 Å². The highest BCUT2D eigenvalue weighted by Crippen LogP contribution is 2.13. The quantitative estimate of drug-likeness (QED) is 0.641. The molecule has 1 amide bonds. The molecule has 2 rings (SSSR count). The molecule has 2 aromatic rings. The Kier molecular flexibility index (Phi) is 4.57. The van der Waals surface area contributed by atoms with Crippen LogP contribution in [-0.2, 0) is 17.8 Å². The Bertz CT molecular complexity index is 656. The summed E-state index contributed by atoms with van der Waals surface area (Å²) in [6, 6.07) is 10.1. The van der Waals surface area contributed by atoms with Crippen LogP contribution < -0.4 is 11.1 Å². The van der Waals surface area contributed by atoms with Gasteiger partial charge in [0, 0.05) is 12.6 Å². The van der Waals surface area contributed by atoms with Gasteiger partial charge in [-0.3, -0.25) is 14.9 Å². The number of pyridine rings is 1. The van der Waals surface area contributed by atoms with E-state index in [1.807, 2.05) is 24.3 Å². The maximum atomic E-state index is 11.9. The minimum atomic E-state index is -0.546. The van der Waals surface area contributed by atoms with E-state index in [2.05, 4.69) is 10.3 Å². The second-order valence-electron chi connectivity index (χ2n) is 4.36. The third kappa shape index (κ3) is 3.83. The van der Waals surface area contributed by atoms with E-state index in [1.54, 1.807) is 0 Å². The third-order valence-electron chi connectivity index (χ3n) is 2.92. The largest absolute Gasteiger partial charge is 0.326 e. The first kappa shape index (κ1) is 14.6. The molecule has 0 saturated heterocycles. The lowest BCUT2D eigenvalue weighted by Gasteiger charge is -2.08. The summed E-state index contributed by atoms with van der Waals surface area (Å²) < 4.78 is 0. The molecule has 7 nitrogen and oxygen atoms in total. The number of hydrogen-bond acceptors (Lipinski definition) is 5. The summed E-state index contributed by atoms with van der Waals surface area (Å²) in [5, 5.41) is 13.1. The van der Waals surface area contributed by atoms with Gasteiger partial charge in [0.05, 0.1) is 11.3 Å². The van der Waals surface area contributed by atoms with Gasteiger partial charge in [0.15, 0.2) is 0 Å². The van der Waals surface area contributed by atoms with Gasteiger partial charge in [0.1, 0.15) is 12.0 Å². The molecular formula is C14H14N4O3. The third-order valence-corrected chi connectivity index (χ3v) is 2.92. The van der Waals surface area contributed by atoms with Crippen molar-refractivity contribution in [2.75, 3.05) is 5.32 Å². The molecule has 7 heteroatoms. The molecule has 0 unspecified atom stereocenters. The summed E-state index contributed by atoms with van der Waals surface area (Å²) in [5.41, 5.74) is 7.25. The number of amides is 1. The number of anilines is 1. The lowest BCUT2D eigenvalue weighted by molar-refractivity contribution is -0.385. The van der Waals surface area contributed by atoms with Crippen LogP contribution in [0.2, 0.25) is 0 Å². The van der Waals surface area contributed by atoms with Crippen molar-refractivity contribution >= 4 is 17.4 Å². The first-order valence-corrected chi connectivity index (χ1v) is 6.27. The molecule has 0 spiro atoms. The number of nitrogens with zero attached hydrogens (tertiary/aromatic N) is 2. The summed E-state index contributed by atoms with van der Waals surface area (Å²) in [5.74, 6) is 0.0214. The number of carbonyl (C=O) groups excluding carboxylic acids is 1. The Labute approximate surface area is 121 Å². The molecule has 0 aliphatic rings. The highest BCUT2D eigenvalue weighted by molar-refractivity contribution is 5.91. The fourth-order valence-corrected chi connectivity index (χ4v) is 1.86. The number of aromatic nitrogens is 1. The smallest absolute Gasteiger partial charge is 0.287 e. The van der Waals surface area contributed by atoms with Crippen molar-refractivity contribution in [3.05, 3.63) is 63.8 Å². The van der Waals surface area contributed by atoms with E-state index < -0.39 is 4.92 Å². The summed E-state index contributed by atoms with van der Waals surface area (Å²) in [6.45, 7) is 0.360. The molecule has 1 heterocycles. The molecule has 21 heavy (non-hydrogen) atoms. The second-order valence-corrected chi connectivity index (χ2v) is 4.36. The van der Waals surface area contributed by atoms with Gasteiger partial charge in [-0.2, -0.15) is 0 Å². The number of benzene rings is 1. The standard InChI is InChI=1S/C14H14N4O3/c15-8-11-4-2-1-3-10(11)7-14(19)17-13-6-5-12(9-16-13)18(20)21/h1-6,9H,7-8,15H2,(H,16,17,19). The summed E-state index contributed by atoms with van der Waals surface area (Å²) in [6.07, 6.45) is 1.27. The SMILES string of the molecule is NCc1ccccc1CC(=O)Nc1ccc([N+](=O)[O-])cn1. The van der Waals surface area contributed by atoms with Crippen LogP contribution in [0.3, 0.4) is 0 Å². The molecule has 3 N–H and O–H groups in total. The normalized spacial score (nSPS) is 10.1. The highest BCUT2D eigenvalue weighted by Gasteiger charge is 2.10. The van der Waals surface area contributed by atoms with Crippen LogP contribution >= 0.6 is 0 Å². The Balaban J connectivity index is 2.03. The number of rotatable bonds is 5. The van der Waals surface area contributed by atoms with Crippen molar-refractivity contribution in [1.29, 1.82) is 0 Å². The molecule has 1 aromatic carbocycles. The molecule has 0 aliphatic carbocycles. The fourth-order valence-electron chi connectivity index (χ4n) is 1.86. The Morgan fingerprint density at radius 1 is 1.24 bits per heavy atom. The zero-order valence-corrected chi connectivity index (χ0v) is 11.2. The number of hydrogen-bond donors (Lipinski definition) is 2. The van der Waals surface area contributed by atoms with Gasteiger partial charge in [-0.1, -0.05) is 24.3 Å². The lowest BCUT2D eigenvalue weighted by Crippen LogP contribution is -2.16. The number of nitrogens with two attached hydrogens (primary N) is 1. The van der Waals surface area contributed by atoms with Crippen LogP contribution in [0.1, 0.15) is 11.1 Å². The first-order valence-electron chi connectivity index (χ1n) is 6.27. The second kappa shape index (κ2) is 6.58. The van der Waals surface area contributed by atoms with Gasteiger partial charge in [-0.25, -0.2) is 4.98 Å². The highest BCUT2D eigenvalue weighted by atomic mass is 16.6. The van der Waals surface area contributed by atoms with Crippen molar-refractivity contribution in [3.8, 4) is 0 Å². The van der Waals surface area contributed by atoms with E-state index in [1.165, 1.54) is 12.1 Å². The van der Waals surface area contributed by atoms with Crippen LogP contribution in [0.15, 0.2) is 42.6 Å². The van der Waals surface area contributed by atoms with E-state index in [0.29, 0.717) is 6.54 Å². The van der Waals surface area contributed by atoms with E-state index in [-0.39, 0.29) is 23.8 Å². The summed E-state index contributed by atoms with van der Waals surface area (Å²) in [4.78, 5) is 25.7. The molecular weight excluding hydrogens is 272 g/mol. The fraction of sp³-hybridized carbons (Fsp3) is 0.143. The van der Waals surface area contributed by atoms with Crippen LogP contribution in [0.5, 0.6) is 0 Å². The molecule has 0 radical (unpaired) electrons. The van der Waals surface area contributed by atoms with Crippen molar-refractivity contribution in [2.24, 2.45) is 5.73 Å². The summed E-state index contributed by atoms with van der Waals surface area (Å²) >= 11 is 0. The molecule has 0 atom stereocenters. The van der Waals surface area contributed by atoms with Gasteiger partial charge in [-0.15, -0.1) is 0 Å². The summed E-state index contributed by atoms with van der Waals surface area (Å²) in [7, 11) is 0. The van der Waals surface area contributed by atoms with E-state index in [4.69, 9.17) is 5.73 Å². The van der Waals surface area contributed by atoms with Crippen molar-refractivity contribution in [3.63, 3.8) is 0 Å². The monoisotopic (exact) mass is 286 g/mol. The van der Waals surface area contributed by atoms with Crippen LogP contribution in [-0.4, -0.2) is 15.8 Å². The topological polar surface area (TPSA) is 111 Å². The van der Waals surface area contributed by atoms with Gasteiger partial charge >= 0.3 is 0 Å². The Morgan fingerprint density at radius 2 is 1.95 bits per heavy atom. The van der Waals surface area contributed by atoms with Gasteiger partial charge in [0.25, 0.3) is 5.69 Å². The predicted molar refractivity (Wildman–Crippen MR) is 77.6 cm³/mol. The average Bonchev–Trinajstić information content (AvgIpc) is 2.48. The average molecular weight is 286 g/mol. The van der Waals surface area contributed by atoms with Crippen molar-refractivity contribution < 1.29 is 9.72 Å². The Hall–Kier alpha value is -2.80. The number of nitro groups is 1. The zero-order valence-electron chi connectivity index (χ0n) is 11.2. The molecule has 108 valence electrons. The van der Waals surface area contributed by atoms with E-state index in [9.17, 15) is 14.9 Å².